The number of furan rings is 1. The molecule has 0 radical (unpaired) electrons. The van der Waals surface area contributed by atoms with Crippen LogP contribution >= 0.6 is 0 Å². The fraction of sp³-hybridized carbons (Fsp3) is 0.0714. The molecule has 1 aromatic carbocycles. The van der Waals surface area contributed by atoms with Gasteiger partial charge in [-0.05, 0) is 12.1 Å². The first-order chi connectivity index (χ1) is 9.86. The third kappa shape index (κ3) is 2.37. The maximum atomic E-state index is 8.54. The molecular weight excluding hydrogens is 254 g/mol. The second kappa shape index (κ2) is 5.28. The van der Waals surface area contributed by atoms with E-state index in [2.05, 4.69) is 20.6 Å². The third-order valence-corrected chi connectivity index (χ3v) is 2.76. The number of nitrogens with zero attached hydrogens (tertiary/aromatic N) is 3. The Labute approximate surface area is 115 Å². The lowest BCUT2D eigenvalue weighted by Gasteiger charge is -2.05. The standard InChI is InChI=1S/C14H11N5O/c15-5-6-16-13-7-14(18-9-17-13)19-11-8-20-12-4-2-1-3-10(11)12/h1-4,7-9H,6H2,(H2,16,17,18,19). The number of rotatable bonds is 4. The Kier molecular flexibility index (Phi) is 3.17. The first-order valence-corrected chi connectivity index (χ1v) is 6.03. The van der Waals surface area contributed by atoms with Crippen molar-refractivity contribution in [2.24, 2.45) is 0 Å². The van der Waals surface area contributed by atoms with Gasteiger partial charge in [-0.2, -0.15) is 5.26 Å². The molecule has 6 nitrogen and oxygen atoms in total. The van der Waals surface area contributed by atoms with Crippen LogP contribution in [0.5, 0.6) is 0 Å². The highest BCUT2D eigenvalue weighted by Gasteiger charge is 2.06. The van der Waals surface area contributed by atoms with Gasteiger partial charge in [-0.25, -0.2) is 9.97 Å². The number of hydrogen-bond acceptors (Lipinski definition) is 6. The largest absolute Gasteiger partial charge is 0.462 e. The van der Waals surface area contributed by atoms with Gasteiger partial charge in [-0.15, -0.1) is 0 Å². The van der Waals surface area contributed by atoms with Crippen LogP contribution in [0.3, 0.4) is 0 Å². The van der Waals surface area contributed by atoms with E-state index in [4.69, 9.17) is 9.68 Å². The average molecular weight is 265 g/mol. The third-order valence-electron chi connectivity index (χ3n) is 2.76. The molecule has 0 fully saturated rings. The monoisotopic (exact) mass is 265 g/mol. The minimum Gasteiger partial charge on any atom is -0.462 e. The Hall–Kier alpha value is -3.07. The molecule has 0 saturated heterocycles. The average Bonchev–Trinajstić information content (AvgIpc) is 2.89. The number of para-hydroxylation sites is 1. The number of nitriles is 1. The van der Waals surface area contributed by atoms with Gasteiger partial charge in [-0.3, -0.25) is 0 Å². The highest BCUT2D eigenvalue weighted by molar-refractivity contribution is 5.92. The molecule has 0 spiro atoms. The molecule has 2 heterocycles. The van der Waals surface area contributed by atoms with Crippen LogP contribution in [0.1, 0.15) is 0 Å². The van der Waals surface area contributed by atoms with Crippen LogP contribution in [0.4, 0.5) is 17.3 Å². The molecule has 2 N–H and O–H groups in total. The zero-order valence-corrected chi connectivity index (χ0v) is 10.5. The van der Waals surface area contributed by atoms with Crippen molar-refractivity contribution in [3.05, 3.63) is 42.9 Å². The summed E-state index contributed by atoms with van der Waals surface area (Å²) in [6.07, 6.45) is 3.08. The van der Waals surface area contributed by atoms with Crippen molar-refractivity contribution < 1.29 is 4.42 Å². The van der Waals surface area contributed by atoms with Crippen LogP contribution < -0.4 is 10.6 Å². The quantitative estimate of drug-likeness (QED) is 0.705. The number of anilines is 3. The Bertz CT molecular complexity index is 774. The van der Waals surface area contributed by atoms with Gasteiger partial charge in [0, 0.05) is 11.5 Å². The van der Waals surface area contributed by atoms with Crippen molar-refractivity contribution in [2.45, 2.75) is 0 Å². The summed E-state index contributed by atoms with van der Waals surface area (Å²) in [5.74, 6) is 1.23. The second-order valence-corrected chi connectivity index (χ2v) is 4.07. The zero-order chi connectivity index (χ0) is 13.8. The second-order valence-electron chi connectivity index (χ2n) is 4.07. The molecular formula is C14H11N5O. The molecule has 3 aromatic rings. The molecule has 6 heteroatoms. The first kappa shape index (κ1) is 12.0. The summed E-state index contributed by atoms with van der Waals surface area (Å²) in [7, 11) is 0. The van der Waals surface area contributed by atoms with E-state index in [1.807, 2.05) is 30.3 Å². The van der Waals surface area contributed by atoms with Gasteiger partial charge < -0.3 is 15.1 Å². The van der Waals surface area contributed by atoms with E-state index in [1.54, 1.807) is 12.3 Å². The number of aromatic nitrogens is 2. The van der Waals surface area contributed by atoms with Crippen LogP contribution in [0, 0.1) is 11.3 Å². The van der Waals surface area contributed by atoms with E-state index in [-0.39, 0.29) is 6.54 Å². The summed E-state index contributed by atoms with van der Waals surface area (Å²) in [4.78, 5) is 8.17. The van der Waals surface area contributed by atoms with Gasteiger partial charge in [-0.1, -0.05) is 12.1 Å². The number of fused-ring (bicyclic) bond motifs is 1. The van der Waals surface area contributed by atoms with Crippen molar-refractivity contribution in [3.8, 4) is 6.07 Å². The Morgan fingerprint density at radius 1 is 1.20 bits per heavy atom. The van der Waals surface area contributed by atoms with Crippen LogP contribution in [0.15, 0.2) is 47.3 Å². The molecule has 0 aliphatic carbocycles. The first-order valence-electron chi connectivity index (χ1n) is 6.03. The molecule has 2 aromatic heterocycles. The van der Waals surface area contributed by atoms with E-state index >= 15 is 0 Å². The number of benzene rings is 1. The topological polar surface area (TPSA) is 86.8 Å². The van der Waals surface area contributed by atoms with E-state index in [1.165, 1.54) is 6.33 Å². The summed E-state index contributed by atoms with van der Waals surface area (Å²) in [6, 6.07) is 11.5. The SMILES string of the molecule is N#CCNc1cc(Nc2coc3ccccc23)ncn1. The van der Waals surface area contributed by atoms with Crippen molar-refractivity contribution in [3.63, 3.8) is 0 Å². The molecule has 0 bridgehead atoms. The molecule has 0 saturated carbocycles. The summed E-state index contributed by atoms with van der Waals surface area (Å²) < 4.78 is 5.45. The fourth-order valence-electron chi connectivity index (χ4n) is 1.87. The van der Waals surface area contributed by atoms with Crippen molar-refractivity contribution in [1.82, 2.24) is 9.97 Å². The Balaban J connectivity index is 1.86. The van der Waals surface area contributed by atoms with E-state index in [9.17, 15) is 0 Å². The molecule has 3 rings (SSSR count). The van der Waals surface area contributed by atoms with Crippen molar-refractivity contribution in [1.29, 1.82) is 5.26 Å². The lowest BCUT2D eigenvalue weighted by atomic mass is 10.2. The van der Waals surface area contributed by atoms with Gasteiger partial charge in [0.25, 0.3) is 0 Å². The summed E-state index contributed by atoms with van der Waals surface area (Å²) in [5, 5.41) is 15.6. The van der Waals surface area contributed by atoms with Gasteiger partial charge in [0.2, 0.25) is 0 Å². The highest BCUT2D eigenvalue weighted by atomic mass is 16.3. The van der Waals surface area contributed by atoms with Gasteiger partial charge in [0.05, 0.1) is 11.8 Å². The zero-order valence-electron chi connectivity index (χ0n) is 10.5. The minimum absolute atomic E-state index is 0.199. The molecule has 98 valence electrons. The summed E-state index contributed by atoms with van der Waals surface area (Å²) >= 11 is 0. The van der Waals surface area contributed by atoms with E-state index < -0.39 is 0 Å². The lowest BCUT2D eigenvalue weighted by molar-refractivity contribution is 0.617. The molecule has 0 aliphatic rings. The smallest absolute Gasteiger partial charge is 0.136 e. The fourth-order valence-corrected chi connectivity index (χ4v) is 1.87. The Morgan fingerprint density at radius 3 is 2.95 bits per heavy atom. The summed E-state index contributed by atoms with van der Waals surface area (Å²) in [6.45, 7) is 0.199. The minimum atomic E-state index is 0.199. The highest BCUT2D eigenvalue weighted by Crippen LogP contribution is 2.27. The normalized spacial score (nSPS) is 10.2. The van der Waals surface area contributed by atoms with Crippen LogP contribution in [0.2, 0.25) is 0 Å². The predicted octanol–water partition coefficient (Wildman–Crippen LogP) is 2.90. The molecule has 0 amide bonds. The maximum absolute atomic E-state index is 8.54. The van der Waals surface area contributed by atoms with Crippen LogP contribution in [-0.4, -0.2) is 16.5 Å². The molecule has 0 unspecified atom stereocenters. The van der Waals surface area contributed by atoms with Crippen LogP contribution in [0.25, 0.3) is 11.0 Å². The molecule has 20 heavy (non-hydrogen) atoms. The van der Waals surface area contributed by atoms with Crippen LogP contribution in [-0.2, 0) is 0 Å². The van der Waals surface area contributed by atoms with E-state index in [0.29, 0.717) is 11.6 Å². The lowest BCUT2D eigenvalue weighted by Crippen LogP contribution is -2.02. The number of hydrogen-bond donors (Lipinski definition) is 2. The molecule has 0 atom stereocenters. The Morgan fingerprint density at radius 2 is 2.05 bits per heavy atom. The maximum Gasteiger partial charge on any atom is 0.136 e. The van der Waals surface area contributed by atoms with Crippen molar-refractivity contribution >= 4 is 28.3 Å². The number of nitrogens with one attached hydrogen (secondary N) is 2. The predicted molar refractivity (Wildman–Crippen MR) is 75.6 cm³/mol. The van der Waals surface area contributed by atoms with Gasteiger partial charge in [0.1, 0.15) is 36.4 Å². The van der Waals surface area contributed by atoms with Crippen molar-refractivity contribution in [2.75, 3.05) is 17.2 Å². The van der Waals surface area contributed by atoms with E-state index in [0.717, 1.165) is 16.7 Å². The summed E-state index contributed by atoms with van der Waals surface area (Å²) in [5.41, 5.74) is 1.65. The molecule has 0 aliphatic heterocycles. The van der Waals surface area contributed by atoms with Gasteiger partial charge >= 0.3 is 0 Å². The van der Waals surface area contributed by atoms with Gasteiger partial charge in [0.15, 0.2) is 0 Å².